The lowest BCUT2D eigenvalue weighted by atomic mass is 10.2. The van der Waals surface area contributed by atoms with Crippen LogP contribution in [0.25, 0.3) is 6.08 Å². The standard InChI is InChI=1S/C23H28ClN3O/c1-19(23(28)25-18-21-11-5-6-12-22(21)24)27-16-14-26(15-17-27)13-7-10-20-8-3-2-4-9-20/h2-12,19H,13-18H2,1H3,(H,25,28)/p+2/b10-7+/t19-/m0/s1. The topological polar surface area (TPSA) is 38.0 Å². The Balaban J connectivity index is 1.40. The molecule has 5 heteroatoms. The molecule has 0 radical (unpaired) electrons. The molecule has 2 aromatic carbocycles. The maximum Gasteiger partial charge on any atom is 0.278 e. The molecule has 0 saturated carbocycles. The predicted molar refractivity (Wildman–Crippen MR) is 114 cm³/mol. The highest BCUT2D eigenvalue weighted by Crippen LogP contribution is 2.14. The van der Waals surface area contributed by atoms with Crippen LogP contribution in [0.3, 0.4) is 0 Å². The Morgan fingerprint density at radius 1 is 1.07 bits per heavy atom. The van der Waals surface area contributed by atoms with Gasteiger partial charge in [-0.05, 0) is 30.2 Å². The maximum atomic E-state index is 12.5. The van der Waals surface area contributed by atoms with Crippen LogP contribution in [-0.2, 0) is 11.3 Å². The number of piperazine rings is 1. The van der Waals surface area contributed by atoms with Gasteiger partial charge in [0.2, 0.25) is 0 Å². The molecule has 3 N–H and O–H groups in total. The summed E-state index contributed by atoms with van der Waals surface area (Å²) in [5, 5.41) is 3.74. The molecule has 3 rings (SSSR count). The first kappa shape index (κ1) is 20.6. The number of rotatable bonds is 7. The van der Waals surface area contributed by atoms with Crippen molar-refractivity contribution in [2.24, 2.45) is 0 Å². The van der Waals surface area contributed by atoms with Crippen molar-refractivity contribution in [2.75, 3.05) is 32.7 Å². The van der Waals surface area contributed by atoms with Crippen LogP contribution in [-0.4, -0.2) is 44.7 Å². The van der Waals surface area contributed by atoms with Crippen LogP contribution in [0.1, 0.15) is 18.1 Å². The minimum absolute atomic E-state index is 0.0381. The fourth-order valence-electron chi connectivity index (χ4n) is 3.65. The first-order valence-electron chi connectivity index (χ1n) is 10.0. The second kappa shape index (κ2) is 10.4. The summed E-state index contributed by atoms with van der Waals surface area (Å²) in [6.45, 7) is 7.78. The highest BCUT2D eigenvalue weighted by atomic mass is 35.5. The summed E-state index contributed by atoms with van der Waals surface area (Å²) in [5.74, 6) is 0.0994. The van der Waals surface area contributed by atoms with Gasteiger partial charge in [-0.25, -0.2) is 0 Å². The fourth-order valence-corrected chi connectivity index (χ4v) is 3.85. The molecule has 0 unspecified atom stereocenters. The first-order valence-corrected chi connectivity index (χ1v) is 10.4. The molecule has 1 aliphatic rings. The maximum absolute atomic E-state index is 12.5. The van der Waals surface area contributed by atoms with E-state index in [0.717, 1.165) is 38.3 Å². The van der Waals surface area contributed by atoms with E-state index in [-0.39, 0.29) is 11.9 Å². The molecule has 2 aromatic rings. The van der Waals surface area contributed by atoms with Gasteiger partial charge in [0.1, 0.15) is 26.2 Å². The number of hydrogen-bond acceptors (Lipinski definition) is 1. The summed E-state index contributed by atoms with van der Waals surface area (Å²) >= 11 is 6.17. The highest BCUT2D eigenvalue weighted by molar-refractivity contribution is 6.31. The Kier molecular flexibility index (Phi) is 7.66. The van der Waals surface area contributed by atoms with E-state index >= 15 is 0 Å². The van der Waals surface area contributed by atoms with Crippen molar-refractivity contribution < 1.29 is 14.6 Å². The molecule has 0 bridgehead atoms. The number of carbonyl (C=O) groups is 1. The lowest BCUT2D eigenvalue weighted by Crippen LogP contribution is -3.30. The van der Waals surface area contributed by atoms with Crippen LogP contribution in [0, 0.1) is 0 Å². The summed E-state index contributed by atoms with van der Waals surface area (Å²) in [6, 6.07) is 18.0. The molecule has 1 saturated heterocycles. The van der Waals surface area contributed by atoms with Gasteiger partial charge in [0.25, 0.3) is 5.91 Å². The minimum atomic E-state index is -0.0381. The molecule has 1 amide bonds. The molecular weight excluding hydrogens is 370 g/mol. The van der Waals surface area contributed by atoms with E-state index in [1.807, 2.05) is 37.3 Å². The summed E-state index contributed by atoms with van der Waals surface area (Å²) in [7, 11) is 0. The van der Waals surface area contributed by atoms with Crippen molar-refractivity contribution in [1.82, 2.24) is 5.32 Å². The van der Waals surface area contributed by atoms with Gasteiger partial charge in [0.15, 0.2) is 6.04 Å². The molecule has 1 fully saturated rings. The smallest absolute Gasteiger partial charge is 0.278 e. The molecule has 0 aliphatic carbocycles. The molecule has 0 spiro atoms. The van der Waals surface area contributed by atoms with Crippen molar-refractivity contribution in [3.05, 3.63) is 76.8 Å². The third-order valence-corrected chi connectivity index (χ3v) is 5.90. The Labute approximate surface area is 172 Å². The van der Waals surface area contributed by atoms with Gasteiger partial charge < -0.3 is 15.1 Å². The van der Waals surface area contributed by atoms with Crippen molar-refractivity contribution >= 4 is 23.6 Å². The zero-order valence-electron chi connectivity index (χ0n) is 16.5. The fraction of sp³-hybridized carbons (Fsp3) is 0.348. The van der Waals surface area contributed by atoms with Crippen LogP contribution in [0.5, 0.6) is 0 Å². The Morgan fingerprint density at radius 3 is 2.46 bits per heavy atom. The van der Waals surface area contributed by atoms with Gasteiger partial charge in [0.05, 0.1) is 6.54 Å². The SMILES string of the molecule is C[C@@H](C(=O)NCc1ccccc1Cl)[NH+]1CC[NH+](C/C=C/c2ccccc2)CC1. The second-order valence-electron chi connectivity index (χ2n) is 7.46. The molecule has 4 nitrogen and oxygen atoms in total. The van der Waals surface area contributed by atoms with Gasteiger partial charge in [-0.15, -0.1) is 0 Å². The number of nitrogens with one attached hydrogen (secondary N) is 3. The summed E-state index contributed by atoms with van der Waals surface area (Å²) in [6.07, 6.45) is 4.45. The van der Waals surface area contributed by atoms with E-state index in [9.17, 15) is 4.79 Å². The average Bonchev–Trinajstić information content (AvgIpc) is 2.74. The Morgan fingerprint density at radius 2 is 1.75 bits per heavy atom. The molecule has 1 atom stereocenters. The number of hydrogen-bond donors (Lipinski definition) is 3. The van der Waals surface area contributed by atoms with E-state index < -0.39 is 0 Å². The van der Waals surface area contributed by atoms with Crippen LogP contribution in [0.4, 0.5) is 0 Å². The van der Waals surface area contributed by atoms with Gasteiger partial charge >= 0.3 is 0 Å². The molecular formula is C23H30ClN3O+2. The van der Waals surface area contributed by atoms with Gasteiger partial charge in [-0.2, -0.15) is 0 Å². The lowest BCUT2D eigenvalue weighted by Gasteiger charge is -2.32. The van der Waals surface area contributed by atoms with Crippen LogP contribution < -0.4 is 15.1 Å². The van der Waals surface area contributed by atoms with E-state index in [1.165, 1.54) is 10.5 Å². The summed E-state index contributed by atoms with van der Waals surface area (Å²) in [5.41, 5.74) is 2.20. The minimum Gasteiger partial charge on any atom is -0.347 e. The Hall–Kier alpha value is -2.14. The summed E-state index contributed by atoms with van der Waals surface area (Å²) < 4.78 is 0. The lowest BCUT2D eigenvalue weighted by molar-refractivity contribution is -1.02. The van der Waals surface area contributed by atoms with E-state index in [0.29, 0.717) is 11.6 Å². The largest absolute Gasteiger partial charge is 0.347 e. The van der Waals surface area contributed by atoms with Gasteiger partial charge in [-0.3, -0.25) is 4.79 Å². The first-order chi connectivity index (χ1) is 13.6. The molecule has 148 valence electrons. The quantitative estimate of drug-likeness (QED) is 0.634. The Bertz CT molecular complexity index is 785. The monoisotopic (exact) mass is 399 g/mol. The van der Waals surface area contributed by atoms with Crippen molar-refractivity contribution in [2.45, 2.75) is 19.5 Å². The third kappa shape index (κ3) is 5.93. The van der Waals surface area contributed by atoms with Crippen molar-refractivity contribution in [1.29, 1.82) is 0 Å². The van der Waals surface area contributed by atoms with Gasteiger partial charge in [-0.1, -0.05) is 66.2 Å². The van der Waals surface area contributed by atoms with Crippen LogP contribution >= 0.6 is 11.6 Å². The number of benzene rings is 2. The highest BCUT2D eigenvalue weighted by Gasteiger charge is 2.30. The number of halogens is 1. The molecule has 1 aliphatic heterocycles. The second-order valence-corrected chi connectivity index (χ2v) is 7.86. The number of quaternary nitrogens is 2. The zero-order chi connectivity index (χ0) is 19.8. The van der Waals surface area contributed by atoms with Crippen LogP contribution in [0.15, 0.2) is 60.7 Å². The summed E-state index contributed by atoms with van der Waals surface area (Å²) in [4.78, 5) is 15.5. The van der Waals surface area contributed by atoms with Crippen LogP contribution in [0.2, 0.25) is 5.02 Å². The molecule has 28 heavy (non-hydrogen) atoms. The van der Waals surface area contributed by atoms with Crippen molar-refractivity contribution in [3.63, 3.8) is 0 Å². The van der Waals surface area contributed by atoms with E-state index in [1.54, 1.807) is 4.90 Å². The molecule has 0 aromatic heterocycles. The third-order valence-electron chi connectivity index (χ3n) is 5.53. The van der Waals surface area contributed by atoms with Crippen molar-refractivity contribution in [3.8, 4) is 0 Å². The number of carbonyl (C=O) groups excluding carboxylic acids is 1. The van der Waals surface area contributed by atoms with Gasteiger partial charge in [0, 0.05) is 11.6 Å². The molecule has 1 heterocycles. The normalized spacial score (nSPS) is 20.8. The zero-order valence-corrected chi connectivity index (χ0v) is 17.2. The average molecular weight is 400 g/mol. The number of amides is 1. The van der Waals surface area contributed by atoms with E-state index in [2.05, 4.69) is 41.7 Å². The predicted octanol–water partition coefficient (Wildman–Crippen LogP) is 0.842. The van der Waals surface area contributed by atoms with E-state index in [4.69, 9.17) is 11.6 Å².